The molecular weight excluding hydrogens is 302 g/mol. The molecule has 0 saturated heterocycles. The number of anilines is 3. The molecule has 2 aromatic carbocycles. The van der Waals surface area contributed by atoms with Crippen molar-refractivity contribution in [3.05, 3.63) is 53.6 Å². The summed E-state index contributed by atoms with van der Waals surface area (Å²) in [6.45, 7) is 6.06. The van der Waals surface area contributed by atoms with Crippen molar-refractivity contribution in [2.45, 2.75) is 27.2 Å². The van der Waals surface area contributed by atoms with Crippen molar-refractivity contribution in [1.82, 2.24) is 0 Å². The summed E-state index contributed by atoms with van der Waals surface area (Å²) in [6, 6.07) is 13.0. The van der Waals surface area contributed by atoms with Crippen LogP contribution in [0.25, 0.3) is 0 Å². The molecule has 0 bridgehead atoms. The van der Waals surface area contributed by atoms with Crippen molar-refractivity contribution < 1.29 is 9.59 Å². The van der Waals surface area contributed by atoms with E-state index in [0.29, 0.717) is 17.8 Å². The van der Waals surface area contributed by atoms with Gasteiger partial charge in [-0.15, -0.1) is 0 Å². The largest absolute Gasteiger partial charge is 0.376 e. The van der Waals surface area contributed by atoms with E-state index in [9.17, 15) is 9.59 Å². The Morgan fingerprint density at radius 1 is 0.875 bits per heavy atom. The van der Waals surface area contributed by atoms with Crippen molar-refractivity contribution in [3.8, 4) is 0 Å². The first-order chi connectivity index (χ1) is 11.5. The quantitative estimate of drug-likeness (QED) is 0.758. The Kier molecular flexibility index (Phi) is 5.95. The number of benzene rings is 2. The van der Waals surface area contributed by atoms with Gasteiger partial charge in [-0.05, 0) is 55.3 Å². The van der Waals surface area contributed by atoms with Gasteiger partial charge >= 0.3 is 0 Å². The molecule has 0 aliphatic carbocycles. The topological polar surface area (TPSA) is 70.2 Å². The Balaban J connectivity index is 1.88. The van der Waals surface area contributed by atoms with E-state index in [2.05, 4.69) is 16.0 Å². The molecule has 2 amide bonds. The average molecular weight is 325 g/mol. The molecule has 0 spiro atoms. The van der Waals surface area contributed by atoms with E-state index >= 15 is 0 Å². The van der Waals surface area contributed by atoms with Gasteiger partial charge in [-0.1, -0.05) is 19.1 Å². The van der Waals surface area contributed by atoms with Crippen LogP contribution in [-0.4, -0.2) is 18.4 Å². The molecule has 3 N–H and O–H groups in total. The van der Waals surface area contributed by atoms with E-state index in [1.807, 2.05) is 32.0 Å². The van der Waals surface area contributed by atoms with Crippen molar-refractivity contribution in [3.63, 3.8) is 0 Å². The Hall–Kier alpha value is -2.82. The van der Waals surface area contributed by atoms with Gasteiger partial charge < -0.3 is 16.0 Å². The highest BCUT2D eigenvalue weighted by molar-refractivity contribution is 5.94. The summed E-state index contributed by atoms with van der Waals surface area (Å²) in [5.41, 5.74) is 4.69. The van der Waals surface area contributed by atoms with Gasteiger partial charge in [0.1, 0.15) is 0 Å². The van der Waals surface area contributed by atoms with Crippen molar-refractivity contribution >= 4 is 28.9 Å². The molecule has 24 heavy (non-hydrogen) atoms. The molecular formula is C19H23N3O2. The lowest BCUT2D eigenvalue weighted by molar-refractivity contribution is -0.116. The normalized spacial score (nSPS) is 10.1. The molecule has 0 saturated carbocycles. The van der Waals surface area contributed by atoms with Crippen LogP contribution in [-0.2, 0) is 9.59 Å². The number of amides is 2. The highest BCUT2D eigenvalue weighted by Gasteiger charge is 2.05. The zero-order valence-electron chi connectivity index (χ0n) is 14.3. The molecule has 5 nitrogen and oxygen atoms in total. The molecule has 0 fully saturated rings. The number of nitrogens with one attached hydrogen (secondary N) is 3. The summed E-state index contributed by atoms with van der Waals surface area (Å²) in [4.78, 5) is 23.4. The lowest BCUT2D eigenvalue weighted by Crippen LogP contribution is -2.22. The lowest BCUT2D eigenvalue weighted by atomic mass is 10.1. The maximum Gasteiger partial charge on any atom is 0.243 e. The maximum atomic E-state index is 12.0. The van der Waals surface area contributed by atoms with Crippen LogP contribution in [0.15, 0.2) is 42.5 Å². The van der Waals surface area contributed by atoms with Gasteiger partial charge in [-0.3, -0.25) is 9.59 Å². The second-order valence-corrected chi connectivity index (χ2v) is 5.63. The Bertz CT molecular complexity index is 724. The standard InChI is InChI=1S/C19H23N3O2/c1-4-18(23)21-15-8-10-16(11-9-15)22-19(24)12-20-17-7-5-6-13(2)14(17)3/h5-11,20H,4,12H2,1-3H3,(H,21,23)(H,22,24). The predicted octanol–water partition coefficient (Wildman–Crippen LogP) is 3.70. The zero-order chi connectivity index (χ0) is 17.5. The van der Waals surface area contributed by atoms with E-state index in [1.165, 1.54) is 5.56 Å². The van der Waals surface area contributed by atoms with Crippen molar-refractivity contribution in [2.75, 3.05) is 22.5 Å². The summed E-state index contributed by atoms with van der Waals surface area (Å²) in [6.07, 6.45) is 0.433. The first-order valence-electron chi connectivity index (χ1n) is 7.99. The second-order valence-electron chi connectivity index (χ2n) is 5.63. The number of rotatable bonds is 6. The molecule has 0 heterocycles. The van der Waals surface area contributed by atoms with E-state index < -0.39 is 0 Å². The maximum absolute atomic E-state index is 12.0. The molecule has 126 valence electrons. The first kappa shape index (κ1) is 17.5. The zero-order valence-corrected chi connectivity index (χ0v) is 14.3. The fourth-order valence-electron chi connectivity index (χ4n) is 2.21. The van der Waals surface area contributed by atoms with Crippen LogP contribution < -0.4 is 16.0 Å². The highest BCUT2D eigenvalue weighted by atomic mass is 16.2. The van der Waals surface area contributed by atoms with E-state index in [-0.39, 0.29) is 18.4 Å². The monoisotopic (exact) mass is 325 g/mol. The van der Waals surface area contributed by atoms with Gasteiger partial charge in [0, 0.05) is 23.5 Å². The Morgan fingerprint density at radius 3 is 2.04 bits per heavy atom. The van der Waals surface area contributed by atoms with E-state index in [1.54, 1.807) is 31.2 Å². The van der Waals surface area contributed by atoms with E-state index in [0.717, 1.165) is 11.3 Å². The van der Waals surface area contributed by atoms with Crippen molar-refractivity contribution in [2.24, 2.45) is 0 Å². The third kappa shape index (κ3) is 4.84. The number of hydrogen-bond donors (Lipinski definition) is 3. The minimum Gasteiger partial charge on any atom is -0.376 e. The third-order valence-corrected chi connectivity index (χ3v) is 3.82. The van der Waals surface area contributed by atoms with Crippen LogP contribution >= 0.6 is 0 Å². The SMILES string of the molecule is CCC(=O)Nc1ccc(NC(=O)CNc2cccc(C)c2C)cc1. The number of hydrogen-bond acceptors (Lipinski definition) is 3. The molecule has 0 aliphatic heterocycles. The minimum atomic E-state index is -0.124. The van der Waals surface area contributed by atoms with Gasteiger partial charge in [0.05, 0.1) is 6.54 Å². The molecule has 0 aromatic heterocycles. The highest BCUT2D eigenvalue weighted by Crippen LogP contribution is 2.18. The van der Waals surface area contributed by atoms with Crippen molar-refractivity contribution in [1.29, 1.82) is 0 Å². The Labute approximate surface area is 142 Å². The average Bonchev–Trinajstić information content (AvgIpc) is 2.58. The molecule has 2 rings (SSSR count). The third-order valence-electron chi connectivity index (χ3n) is 3.82. The first-order valence-corrected chi connectivity index (χ1v) is 7.99. The molecule has 2 aromatic rings. The number of aryl methyl sites for hydroxylation is 1. The molecule has 5 heteroatoms. The van der Waals surface area contributed by atoms with Crippen LogP contribution in [0.1, 0.15) is 24.5 Å². The molecule has 0 unspecified atom stereocenters. The van der Waals surface area contributed by atoms with E-state index in [4.69, 9.17) is 0 Å². The number of carbonyl (C=O) groups excluding carboxylic acids is 2. The number of carbonyl (C=O) groups is 2. The van der Waals surface area contributed by atoms with Crippen LogP contribution in [0.5, 0.6) is 0 Å². The van der Waals surface area contributed by atoms with Gasteiger partial charge in [0.15, 0.2) is 0 Å². The molecule has 0 aliphatic rings. The second kappa shape index (κ2) is 8.15. The predicted molar refractivity (Wildman–Crippen MR) is 98.4 cm³/mol. The summed E-state index contributed by atoms with van der Waals surface area (Å²) in [5.74, 6) is -0.161. The van der Waals surface area contributed by atoms with Crippen LogP contribution in [0.3, 0.4) is 0 Å². The lowest BCUT2D eigenvalue weighted by Gasteiger charge is -2.12. The van der Waals surface area contributed by atoms with Crippen LogP contribution in [0.2, 0.25) is 0 Å². The summed E-state index contributed by atoms with van der Waals surface area (Å²) in [7, 11) is 0. The summed E-state index contributed by atoms with van der Waals surface area (Å²) >= 11 is 0. The summed E-state index contributed by atoms with van der Waals surface area (Å²) < 4.78 is 0. The minimum absolute atomic E-state index is 0.0375. The fourth-order valence-corrected chi connectivity index (χ4v) is 2.21. The van der Waals surface area contributed by atoms with Gasteiger partial charge in [0.25, 0.3) is 0 Å². The smallest absolute Gasteiger partial charge is 0.243 e. The van der Waals surface area contributed by atoms with Gasteiger partial charge in [-0.2, -0.15) is 0 Å². The van der Waals surface area contributed by atoms with Crippen LogP contribution in [0, 0.1) is 13.8 Å². The van der Waals surface area contributed by atoms with Crippen LogP contribution in [0.4, 0.5) is 17.1 Å². The Morgan fingerprint density at radius 2 is 1.46 bits per heavy atom. The van der Waals surface area contributed by atoms with Gasteiger partial charge in [0.2, 0.25) is 11.8 Å². The fraction of sp³-hybridized carbons (Fsp3) is 0.263. The molecule has 0 atom stereocenters. The van der Waals surface area contributed by atoms with Gasteiger partial charge in [-0.25, -0.2) is 0 Å². The summed E-state index contributed by atoms with van der Waals surface area (Å²) in [5, 5.41) is 8.74. The molecule has 0 radical (unpaired) electrons.